The molecule has 2 amide bonds. The molecule has 0 aromatic carbocycles. The number of aryl methyl sites for hydroxylation is 1. The van der Waals surface area contributed by atoms with Gasteiger partial charge in [0, 0.05) is 11.8 Å². The van der Waals surface area contributed by atoms with Crippen molar-refractivity contribution in [1.82, 2.24) is 24.1 Å². The Bertz CT molecular complexity index is 1180. The van der Waals surface area contributed by atoms with Gasteiger partial charge in [-0.25, -0.2) is 19.5 Å². The molecule has 0 radical (unpaired) electrons. The molecule has 0 fully saturated rings. The van der Waals surface area contributed by atoms with Gasteiger partial charge in [-0.2, -0.15) is 13.4 Å². The Morgan fingerprint density at radius 1 is 1.28 bits per heavy atom. The van der Waals surface area contributed by atoms with Gasteiger partial charge in [0.15, 0.2) is 10.2 Å². The van der Waals surface area contributed by atoms with Gasteiger partial charge in [0.05, 0.1) is 19.9 Å². The molecule has 0 unspecified atom stereocenters. The first kappa shape index (κ1) is 20.6. The smallest absolute Gasteiger partial charge is 0.335 e. The molecule has 3 rings (SSSR count). The molecule has 3 aromatic rings. The van der Waals surface area contributed by atoms with Gasteiger partial charge in [-0.3, -0.25) is 9.72 Å². The van der Waals surface area contributed by atoms with Crippen molar-refractivity contribution in [2.24, 2.45) is 0 Å². The van der Waals surface area contributed by atoms with Crippen LogP contribution in [0.25, 0.3) is 5.65 Å². The van der Waals surface area contributed by atoms with Crippen LogP contribution in [0.2, 0.25) is 5.15 Å². The minimum absolute atomic E-state index is 0.127. The summed E-state index contributed by atoms with van der Waals surface area (Å²) in [6.45, 7) is 3.84. The van der Waals surface area contributed by atoms with E-state index in [0.29, 0.717) is 18.1 Å². The zero-order chi connectivity index (χ0) is 21.2. The number of hydrogen-bond donors (Lipinski definition) is 2. The van der Waals surface area contributed by atoms with Crippen molar-refractivity contribution in [2.75, 3.05) is 19.0 Å². The number of sulfonamides is 1. The fourth-order valence-electron chi connectivity index (χ4n) is 2.46. The van der Waals surface area contributed by atoms with Crippen LogP contribution in [0.4, 0.5) is 10.7 Å². The van der Waals surface area contributed by atoms with Crippen LogP contribution < -0.4 is 19.5 Å². The Morgan fingerprint density at radius 2 is 2.03 bits per heavy atom. The highest BCUT2D eigenvalue weighted by Crippen LogP contribution is 2.25. The van der Waals surface area contributed by atoms with Crippen LogP contribution in [0.1, 0.15) is 12.6 Å². The van der Waals surface area contributed by atoms with Crippen molar-refractivity contribution in [2.45, 2.75) is 18.9 Å². The number of fused-ring (bicyclic) bond motifs is 1. The molecule has 0 spiro atoms. The summed E-state index contributed by atoms with van der Waals surface area (Å²) < 4.78 is 39.0. The van der Waals surface area contributed by atoms with E-state index >= 15 is 0 Å². The number of amides is 2. The van der Waals surface area contributed by atoms with Gasteiger partial charge in [0.1, 0.15) is 11.4 Å². The maximum absolute atomic E-state index is 12.8. The summed E-state index contributed by atoms with van der Waals surface area (Å²) in [6, 6.07) is 3.64. The monoisotopic (exact) mass is 440 g/mol. The van der Waals surface area contributed by atoms with E-state index in [4.69, 9.17) is 21.1 Å². The fourth-order valence-corrected chi connectivity index (χ4v) is 4.01. The third-order valence-electron chi connectivity index (χ3n) is 3.57. The van der Waals surface area contributed by atoms with Gasteiger partial charge < -0.3 is 9.47 Å². The van der Waals surface area contributed by atoms with E-state index in [1.807, 2.05) is 4.72 Å². The second kappa shape index (κ2) is 8.09. The summed E-state index contributed by atoms with van der Waals surface area (Å²) in [5.74, 6) is 0.497. The van der Waals surface area contributed by atoms with E-state index in [2.05, 4.69) is 20.3 Å². The third-order valence-corrected chi connectivity index (χ3v) is 5.29. The Labute approximate surface area is 171 Å². The lowest BCUT2D eigenvalue weighted by molar-refractivity contribution is 0.256. The van der Waals surface area contributed by atoms with E-state index in [1.54, 1.807) is 32.0 Å². The predicted molar refractivity (Wildman–Crippen MR) is 104 cm³/mol. The molecule has 2 N–H and O–H groups in total. The Morgan fingerprint density at radius 3 is 2.72 bits per heavy atom. The lowest BCUT2D eigenvalue weighted by atomic mass is 10.4. The maximum atomic E-state index is 12.8. The summed E-state index contributed by atoms with van der Waals surface area (Å²) in [7, 11) is -2.98. The minimum atomic E-state index is -4.39. The van der Waals surface area contributed by atoms with Crippen LogP contribution in [0.5, 0.6) is 11.6 Å². The highest BCUT2D eigenvalue weighted by Gasteiger charge is 2.27. The van der Waals surface area contributed by atoms with E-state index in [1.165, 1.54) is 17.7 Å². The second-order valence-corrected chi connectivity index (χ2v) is 7.62. The molecule has 0 aliphatic rings. The standard InChI is InChI=1S/C16H17ClN6O5S/c1-4-28-10-5-6-11-19-13(17)14(23(11)8-10)29(25,26)22-16(24)21-15-18-9(2)7-12(20-15)27-3/h5-8H,4H2,1-3H3,(H2,18,20,21,22,24). The highest BCUT2D eigenvalue weighted by atomic mass is 35.5. The molecular formula is C16H17ClN6O5S. The molecule has 29 heavy (non-hydrogen) atoms. The average Bonchev–Trinajstić information content (AvgIpc) is 2.96. The van der Waals surface area contributed by atoms with E-state index in [0.717, 1.165) is 0 Å². The molecule has 0 bridgehead atoms. The lowest BCUT2D eigenvalue weighted by Gasteiger charge is -2.10. The van der Waals surface area contributed by atoms with Crippen LogP contribution in [-0.4, -0.2) is 47.5 Å². The molecule has 11 nitrogen and oxygen atoms in total. The first-order valence-electron chi connectivity index (χ1n) is 8.27. The Balaban J connectivity index is 1.89. The maximum Gasteiger partial charge on any atom is 0.335 e. The van der Waals surface area contributed by atoms with Gasteiger partial charge in [0.25, 0.3) is 10.0 Å². The Hall–Kier alpha value is -3.12. The predicted octanol–water partition coefficient (Wildman–Crippen LogP) is 2.00. The van der Waals surface area contributed by atoms with Crippen LogP contribution in [0.15, 0.2) is 29.4 Å². The molecule has 0 aliphatic heterocycles. The zero-order valence-corrected chi connectivity index (χ0v) is 17.2. The number of anilines is 1. The summed E-state index contributed by atoms with van der Waals surface area (Å²) in [5, 5.41) is 1.54. The van der Waals surface area contributed by atoms with Crippen molar-refractivity contribution >= 4 is 39.3 Å². The summed E-state index contributed by atoms with van der Waals surface area (Å²) >= 11 is 6.02. The number of ether oxygens (including phenoxy) is 2. The quantitative estimate of drug-likeness (QED) is 0.593. The number of rotatable bonds is 6. The Kier molecular flexibility index (Phi) is 5.75. The molecular weight excluding hydrogens is 424 g/mol. The highest BCUT2D eigenvalue weighted by molar-refractivity contribution is 7.90. The number of halogens is 1. The molecule has 154 valence electrons. The molecule has 3 aromatic heterocycles. The summed E-state index contributed by atoms with van der Waals surface area (Å²) in [5.41, 5.74) is 0.786. The first-order chi connectivity index (χ1) is 13.7. The minimum Gasteiger partial charge on any atom is -0.492 e. The fraction of sp³-hybridized carbons (Fsp3) is 0.250. The number of methoxy groups -OCH3 is 1. The number of aromatic nitrogens is 4. The molecule has 13 heteroatoms. The van der Waals surface area contributed by atoms with Gasteiger partial charge >= 0.3 is 6.03 Å². The molecule has 0 saturated carbocycles. The summed E-state index contributed by atoms with van der Waals surface area (Å²) in [6.07, 6.45) is 1.42. The number of carbonyl (C=O) groups excluding carboxylic acids is 1. The molecule has 0 aliphatic carbocycles. The van der Waals surface area contributed by atoms with Gasteiger partial charge in [0.2, 0.25) is 11.8 Å². The number of urea groups is 1. The largest absolute Gasteiger partial charge is 0.492 e. The van der Waals surface area contributed by atoms with Crippen LogP contribution in [-0.2, 0) is 10.0 Å². The molecule has 3 heterocycles. The topological polar surface area (TPSA) is 137 Å². The number of nitrogens with one attached hydrogen (secondary N) is 2. The van der Waals surface area contributed by atoms with Gasteiger partial charge in [-0.05, 0) is 26.0 Å². The number of hydrogen-bond acceptors (Lipinski definition) is 8. The number of carbonyl (C=O) groups is 1. The van der Waals surface area contributed by atoms with Crippen LogP contribution in [0, 0.1) is 6.92 Å². The van der Waals surface area contributed by atoms with Gasteiger partial charge in [-0.15, -0.1) is 0 Å². The SMILES string of the molecule is CCOc1ccc2nc(Cl)c(S(=O)(=O)NC(=O)Nc3nc(C)cc(OC)n3)n2c1. The molecule has 0 atom stereocenters. The summed E-state index contributed by atoms with van der Waals surface area (Å²) in [4.78, 5) is 24.1. The van der Waals surface area contributed by atoms with E-state index in [9.17, 15) is 13.2 Å². The van der Waals surface area contributed by atoms with Crippen LogP contribution >= 0.6 is 11.6 Å². The van der Waals surface area contributed by atoms with Crippen molar-refractivity contribution < 1.29 is 22.7 Å². The average molecular weight is 441 g/mol. The lowest BCUT2D eigenvalue weighted by Crippen LogP contribution is -2.35. The van der Waals surface area contributed by atoms with Crippen LogP contribution in [0.3, 0.4) is 0 Å². The zero-order valence-electron chi connectivity index (χ0n) is 15.6. The van der Waals surface area contributed by atoms with Crippen molar-refractivity contribution in [1.29, 1.82) is 0 Å². The number of imidazole rings is 1. The second-order valence-electron chi connectivity index (χ2n) is 5.67. The normalized spacial score (nSPS) is 11.3. The first-order valence-corrected chi connectivity index (χ1v) is 10.1. The van der Waals surface area contributed by atoms with Crippen molar-refractivity contribution in [3.8, 4) is 11.6 Å². The number of pyridine rings is 1. The van der Waals surface area contributed by atoms with Crippen molar-refractivity contribution in [3.63, 3.8) is 0 Å². The van der Waals surface area contributed by atoms with E-state index < -0.39 is 21.1 Å². The molecule has 0 saturated heterocycles. The van der Waals surface area contributed by atoms with Gasteiger partial charge in [-0.1, -0.05) is 11.6 Å². The van der Waals surface area contributed by atoms with E-state index in [-0.39, 0.29) is 22.6 Å². The number of nitrogens with zero attached hydrogens (tertiary/aromatic N) is 4. The van der Waals surface area contributed by atoms with Crippen molar-refractivity contribution in [3.05, 3.63) is 35.2 Å². The third kappa shape index (κ3) is 4.49.